The van der Waals surface area contributed by atoms with Crippen molar-refractivity contribution in [1.82, 2.24) is 5.32 Å². The van der Waals surface area contributed by atoms with Gasteiger partial charge in [-0.25, -0.2) is 4.79 Å². The molecule has 0 radical (unpaired) electrons. The average Bonchev–Trinajstić information content (AvgIpc) is 2.36. The van der Waals surface area contributed by atoms with Crippen LogP contribution in [0.1, 0.15) is 5.56 Å². The summed E-state index contributed by atoms with van der Waals surface area (Å²) in [6.45, 7) is 0. The first-order valence-corrected chi connectivity index (χ1v) is 5.55. The first-order chi connectivity index (χ1) is 10.0. The Morgan fingerprint density at radius 2 is 1.95 bits per heavy atom. The zero-order chi connectivity index (χ0) is 17.1. The molecular weight excluding hydrogens is 316 g/mol. The number of nitro groups is 1. The van der Waals surface area contributed by atoms with Gasteiger partial charge in [-0.3, -0.25) is 14.9 Å². The van der Waals surface area contributed by atoms with E-state index < -0.39 is 46.9 Å². The Kier molecular flexibility index (Phi) is 5.02. The van der Waals surface area contributed by atoms with E-state index >= 15 is 0 Å². The average molecular weight is 324 g/mol. The van der Waals surface area contributed by atoms with Crippen LogP contribution in [0.3, 0.4) is 0 Å². The second kappa shape index (κ2) is 6.37. The molecule has 0 spiro atoms. The number of benzene rings is 1. The number of carbonyl (C=O) groups excluding carboxylic acids is 1. The third-order valence-corrected chi connectivity index (χ3v) is 2.51. The second-order valence-electron chi connectivity index (χ2n) is 4.11. The van der Waals surface area contributed by atoms with Crippen molar-refractivity contribution in [3.05, 3.63) is 39.7 Å². The minimum Gasteiger partial charge on any atom is -0.480 e. The van der Waals surface area contributed by atoms with Crippen LogP contribution >= 0.6 is 0 Å². The summed E-state index contributed by atoms with van der Waals surface area (Å²) in [6.07, 6.45) is -5.94. The monoisotopic (exact) mass is 324 g/mol. The fraction of sp³-hybridized carbons (Fsp3) is 0.273. The lowest BCUT2D eigenvalue weighted by atomic mass is 10.1. The molecule has 2 N–H and O–H groups in total. The van der Waals surface area contributed by atoms with Crippen LogP contribution in [0.15, 0.2) is 18.2 Å². The highest BCUT2D eigenvalue weighted by atomic mass is 19.4. The van der Waals surface area contributed by atoms with Gasteiger partial charge in [0.05, 0.1) is 4.92 Å². The van der Waals surface area contributed by atoms with Crippen LogP contribution in [0.4, 0.5) is 23.2 Å². The van der Waals surface area contributed by atoms with Crippen LogP contribution in [-0.2, 0) is 16.0 Å². The molecule has 7 nitrogen and oxygen atoms in total. The largest absolute Gasteiger partial charge is 0.480 e. The Morgan fingerprint density at radius 3 is 2.36 bits per heavy atom. The third kappa shape index (κ3) is 4.40. The maximum absolute atomic E-state index is 13.3. The number of alkyl halides is 3. The van der Waals surface area contributed by atoms with Crippen LogP contribution in [0, 0.1) is 15.9 Å². The van der Waals surface area contributed by atoms with Gasteiger partial charge in [-0.1, -0.05) is 6.07 Å². The number of amides is 1. The van der Waals surface area contributed by atoms with Crippen molar-refractivity contribution < 1.29 is 37.2 Å². The van der Waals surface area contributed by atoms with Crippen LogP contribution in [0.2, 0.25) is 0 Å². The van der Waals surface area contributed by atoms with Crippen molar-refractivity contribution in [2.24, 2.45) is 0 Å². The zero-order valence-corrected chi connectivity index (χ0v) is 10.6. The van der Waals surface area contributed by atoms with Gasteiger partial charge in [0.25, 0.3) is 0 Å². The molecule has 1 aromatic rings. The van der Waals surface area contributed by atoms with Gasteiger partial charge >= 0.3 is 23.7 Å². The molecule has 120 valence electrons. The van der Waals surface area contributed by atoms with Gasteiger partial charge in [-0.05, 0) is 11.6 Å². The van der Waals surface area contributed by atoms with Crippen molar-refractivity contribution in [2.75, 3.05) is 0 Å². The molecule has 0 bridgehead atoms. The summed E-state index contributed by atoms with van der Waals surface area (Å²) >= 11 is 0. The van der Waals surface area contributed by atoms with Crippen molar-refractivity contribution in [1.29, 1.82) is 0 Å². The van der Waals surface area contributed by atoms with Gasteiger partial charge in [-0.2, -0.15) is 17.6 Å². The smallest absolute Gasteiger partial charge is 0.471 e. The Balaban J connectivity index is 2.93. The summed E-state index contributed by atoms with van der Waals surface area (Å²) in [6, 6.07) is 0.384. The molecule has 0 saturated carbocycles. The number of carboxylic acid groups (broad SMARTS) is 1. The molecule has 0 saturated heterocycles. The first kappa shape index (κ1) is 17.3. The van der Waals surface area contributed by atoms with Gasteiger partial charge in [0.1, 0.15) is 6.04 Å². The Hall–Kier alpha value is -2.72. The molecule has 0 aliphatic rings. The second-order valence-corrected chi connectivity index (χ2v) is 4.11. The quantitative estimate of drug-likeness (QED) is 0.483. The lowest BCUT2D eigenvalue weighted by Crippen LogP contribution is -2.47. The Bertz CT molecular complexity index is 617. The van der Waals surface area contributed by atoms with Gasteiger partial charge < -0.3 is 10.4 Å². The predicted octanol–water partition coefficient (Wildman–Crippen LogP) is 1.41. The molecule has 0 fully saturated rings. The summed E-state index contributed by atoms with van der Waals surface area (Å²) in [4.78, 5) is 31.0. The maximum atomic E-state index is 13.3. The van der Waals surface area contributed by atoms with E-state index in [4.69, 9.17) is 5.11 Å². The number of hydrogen-bond acceptors (Lipinski definition) is 4. The number of nitrogens with zero attached hydrogens (tertiary/aromatic N) is 1. The molecule has 1 amide bonds. The zero-order valence-electron chi connectivity index (χ0n) is 10.6. The summed E-state index contributed by atoms with van der Waals surface area (Å²) in [5.74, 6) is -5.49. The molecule has 0 heterocycles. The van der Waals surface area contributed by atoms with Gasteiger partial charge in [0, 0.05) is 12.5 Å². The highest BCUT2D eigenvalue weighted by molar-refractivity contribution is 5.87. The summed E-state index contributed by atoms with van der Waals surface area (Å²) in [7, 11) is 0. The van der Waals surface area contributed by atoms with Gasteiger partial charge in [-0.15, -0.1) is 0 Å². The Morgan fingerprint density at radius 1 is 1.36 bits per heavy atom. The summed E-state index contributed by atoms with van der Waals surface area (Å²) < 4.78 is 49.6. The summed E-state index contributed by atoms with van der Waals surface area (Å²) in [5, 5.41) is 20.4. The number of aliphatic carboxylic acids is 1. The number of rotatable bonds is 5. The standard InChI is InChI=1S/C11H8F4N2O5/c12-6-3-5(1-2-8(6)17(21)22)4-7(9(18)19)16-10(20)11(13,14)15/h1-3,7H,4H2,(H,16,20)(H,18,19)/t7-/m0/s1. The molecular formula is C11H8F4N2O5. The van der Waals surface area contributed by atoms with E-state index in [9.17, 15) is 37.3 Å². The molecule has 1 rings (SSSR count). The lowest BCUT2D eigenvalue weighted by Gasteiger charge is -2.15. The molecule has 0 aliphatic heterocycles. The van der Waals surface area contributed by atoms with Crippen molar-refractivity contribution in [3.8, 4) is 0 Å². The molecule has 0 unspecified atom stereocenters. The normalized spacial score (nSPS) is 12.5. The fourth-order valence-electron chi connectivity index (χ4n) is 1.50. The minimum atomic E-state index is -5.27. The van der Waals surface area contributed by atoms with Gasteiger partial charge in [0.15, 0.2) is 0 Å². The van der Waals surface area contributed by atoms with E-state index in [1.54, 1.807) is 0 Å². The molecule has 11 heteroatoms. The van der Waals surface area contributed by atoms with E-state index in [0.29, 0.717) is 6.07 Å². The number of carbonyl (C=O) groups is 2. The van der Waals surface area contributed by atoms with Crippen LogP contribution in [-0.4, -0.2) is 34.1 Å². The van der Waals surface area contributed by atoms with Crippen LogP contribution in [0.5, 0.6) is 0 Å². The van der Waals surface area contributed by atoms with Crippen molar-refractivity contribution in [2.45, 2.75) is 18.6 Å². The van der Waals surface area contributed by atoms with E-state index in [2.05, 4.69) is 0 Å². The van der Waals surface area contributed by atoms with E-state index in [-0.39, 0.29) is 5.56 Å². The SMILES string of the molecule is O=C(O)[C@H](Cc1ccc([N+](=O)[O-])c(F)c1)NC(=O)C(F)(F)F. The number of nitrogens with one attached hydrogen (secondary N) is 1. The van der Waals surface area contributed by atoms with Crippen molar-refractivity contribution >= 4 is 17.6 Å². The van der Waals surface area contributed by atoms with Gasteiger partial charge in [0.2, 0.25) is 5.82 Å². The van der Waals surface area contributed by atoms with E-state index in [1.807, 2.05) is 0 Å². The molecule has 0 aromatic heterocycles. The first-order valence-electron chi connectivity index (χ1n) is 5.55. The number of halogens is 4. The predicted molar refractivity (Wildman–Crippen MR) is 62.4 cm³/mol. The van der Waals surface area contributed by atoms with E-state index in [1.165, 1.54) is 5.32 Å². The van der Waals surface area contributed by atoms with Crippen LogP contribution < -0.4 is 5.32 Å². The topological polar surface area (TPSA) is 110 Å². The van der Waals surface area contributed by atoms with Crippen LogP contribution in [0.25, 0.3) is 0 Å². The maximum Gasteiger partial charge on any atom is 0.471 e. The fourth-order valence-corrected chi connectivity index (χ4v) is 1.50. The highest BCUT2D eigenvalue weighted by Gasteiger charge is 2.40. The molecule has 1 atom stereocenters. The molecule has 1 aromatic carbocycles. The Labute approximate surface area is 119 Å². The van der Waals surface area contributed by atoms with E-state index in [0.717, 1.165) is 12.1 Å². The minimum absolute atomic E-state index is 0.127. The third-order valence-electron chi connectivity index (χ3n) is 2.51. The number of carboxylic acids is 1. The van der Waals surface area contributed by atoms with Crippen molar-refractivity contribution in [3.63, 3.8) is 0 Å². The summed E-state index contributed by atoms with van der Waals surface area (Å²) in [5.41, 5.74) is -0.993. The molecule has 0 aliphatic carbocycles. The number of hydrogen-bond donors (Lipinski definition) is 2. The lowest BCUT2D eigenvalue weighted by molar-refractivity contribution is -0.387. The number of nitro benzene ring substituents is 1. The highest BCUT2D eigenvalue weighted by Crippen LogP contribution is 2.19. The molecule has 22 heavy (non-hydrogen) atoms.